The fourth-order valence-electron chi connectivity index (χ4n) is 4.04. The Balaban J connectivity index is 1.53. The Morgan fingerprint density at radius 2 is 1.93 bits per heavy atom. The van der Waals surface area contributed by atoms with E-state index in [4.69, 9.17) is 14.5 Å². The van der Waals surface area contributed by atoms with Crippen LogP contribution in [0.5, 0.6) is 11.5 Å². The summed E-state index contributed by atoms with van der Waals surface area (Å²) in [6.45, 7) is 3.21. The lowest BCUT2D eigenvalue weighted by Gasteiger charge is -2.24. The van der Waals surface area contributed by atoms with Gasteiger partial charge in [0.1, 0.15) is 22.9 Å². The minimum atomic E-state index is -0.0728. The third-order valence-corrected chi connectivity index (χ3v) is 5.63. The monoisotopic (exact) mass is 382 g/mol. The van der Waals surface area contributed by atoms with Crippen molar-refractivity contribution in [3.05, 3.63) is 47.0 Å². The first-order valence-corrected chi connectivity index (χ1v) is 9.64. The second-order valence-corrected chi connectivity index (χ2v) is 7.46. The van der Waals surface area contributed by atoms with Crippen LogP contribution in [0, 0.1) is 0 Å². The largest absolute Gasteiger partial charge is 0.496 e. The van der Waals surface area contributed by atoms with Crippen molar-refractivity contribution >= 4 is 5.91 Å². The van der Waals surface area contributed by atoms with Crippen molar-refractivity contribution in [3.63, 3.8) is 0 Å². The second-order valence-electron chi connectivity index (χ2n) is 7.46. The molecule has 7 nitrogen and oxygen atoms in total. The molecule has 0 saturated carbocycles. The summed E-state index contributed by atoms with van der Waals surface area (Å²) in [5.74, 6) is 2.00. The number of aromatic nitrogens is 2. The molecule has 0 bridgehead atoms. The number of methoxy groups -OCH3 is 2. The first-order chi connectivity index (χ1) is 13.6. The molecule has 28 heavy (non-hydrogen) atoms. The first-order valence-electron chi connectivity index (χ1n) is 9.64. The average Bonchev–Trinajstić information content (AvgIpc) is 3.22. The zero-order chi connectivity index (χ0) is 19.7. The summed E-state index contributed by atoms with van der Waals surface area (Å²) in [5, 5.41) is 0. The summed E-state index contributed by atoms with van der Waals surface area (Å²) >= 11 is 0. The van der Waals surface area contributed by atoms with Gasteiger partial charge in [0.15, 0.2) is 0 Å². The predicted molar refractivity (Wildman–Crippen MR) is 105 cm³/mol. The summed E-state index contributed by atoms with van der Waals surface area (Å²) in [5.41, 5.74) is 2.84. The molecule has 7 heteroatoms. The van der Waals surface area contributed by atoms with Crippen molar-refractivity contribution in [2.24, 2.45) is 0 Å². The van der Waals surface area contributed by atoms with Crippen molar-refractivity contribution in [1.29, 1.82) is 0 Å². The zero-order valence-corrected chi connectivity index (χ0v) is 16.6. The molecule has 0 spiro atoms. The van der Waals surface area contributed by atoms with Gasteiger partial charge in [-0.2, -0.15) is 0 Å². The Labute approximate surface area is 165 Å². The van der Waals surface area contributed by atoms with E-state index in [1.165, 1.54) is 5.56 Å². The van der Waals surface area contributed by atoms with Gasteiger partial charge >= 0.3 is 0 Å². The standard InChI is InChI=1S/C21H26N4O3/c1-24-9-8-16-15(12-24)11-22-20(23-16)14-7-10-25(13-14)21(26)19-17(27-2)5-4-6-18(19)28-3/h4-6,11,14H,7-10,12-13H2,1-3H3/t14-/m1/s1. The number of benzene rings is 1. The van der Waals surface area contributed by atoms with Gasteiger partial charge in [-0.3, -0.25) is 4.79 Å². The maximum absolute atomic E-state index is 13.2. The topological polar surface area (TPSA) is 67.8 Å². The molecule has 0 unspecified atom stereocenters. The predicted octanol–water partition coefficient (Wildman–Crippen LogP) is 2.11. The lowest BCUT2D eigenvalue weighted by atomic mass is 10.1. The number of hydrogen-bond donors (Lipinski definition) is 0. The normalized spacial score (nSPS) is 19.4. The Morgan fingerprint density at radius 1 is 1.18 bits per heavy atom. The lowest BCUT2D eigenvalue weighted by molar-refractivity contribution is 0.0783. The summed E-state index contributed by atoms with van der Waals surface area (Å²) in [6, 6.07) is 5.39. The summed E-state index contributed by atoms with van der Waals surface area (Å²) in [7, 11) is 5.25. The molecule has 3 heterocycles. The van der Waals surface area contributed by atoms with E-state index in [2.05, 4.69) is 16.9 Å². The van der Waals surface area contributed by atoms with Crippen LogP contribution in [0.3, 0.4) is 0 Å². The number of fused-ring (bicyclic) bond motifs is 1. The molecule has 4 rings (SSSR count). The van der Waals surface area contributed by atoms with E-state index >= 15 is 0 Å². The average molecular weight is 382 g/mol. The third-order valence-electron chi connectivity index (χ3n) is 5.63. The molecule has 0 radical (unpaired) electrons. The number of ether oxygens (including phenoxy) is 2. The highest BCUT2D eigenvalue weighted by Gasteiger charge is 2.33. The third kappa shape index (κ3) is 3.42. The zero-order valence-electron chi connectivity index (χ0n) is 16.6. The highest BCUT2D eigenvalue weighted by molar-refractivity contribution is 6.00. The molecule has 2 aliphatic heterocycles. The molecule has 1 saturated heterocycles. The highest BCUT2D eigenvalue weighted by atomic mass is 16.5. The number of likely N-dealkylation sites (tertiary alicyclic amines) is 1. The molecule has 148 valence electrons. The Hall–Kier alpha value is -2.67. The second kappa shape index (κ2) is 7.75. The summed E-state index contributed by atoms with van der Waals surface area (Å²) in [4.78, 5) is 26.8. The minimum absolute atomic E-state index is 0.0728. The van der Waals surface area contributed by atoms with Gasteiger partial charge in [0.05, 0.1) is 14.2 Å². The van der Waals surface area contributed by atoms with Crippen LogP contribution in [0.1, 0.15) is 39.8 Å². The molecule has 1 amide bonds. The molecule has 1 fully saturated rings. The SMILES string of the molecule is COc1cccc(OC)c1C(=O)N1CC[C@@H](c2ncc3c(n2)CCN(C)C3)C1. The van der Waals surface area contributed by atoms with Crippen molar-refractivity contribution < 1.29 is 14.3 Å². The quantitative estimate of drug-likeness (QED) is 0.807. The van der Waals surface area contributed by atoms with Crippen molar-refractivity contribution in [3.8, 4) is 11.5 Å². The molecule has 0 N–H and O–H groups in total. The lowest BCUT2D eigenvalue weighted by Crippen LogP contribution is -2.30. The summed E-state index contributed by atoms with van der Waals surface area (Å²) in [6.07, 6.45) is 3.78. The molecule has 1 aromatic heterocycles. The molecule has 2 aliphatic rings. The smallest absolute Gasteiger partial charge is 0.261 e. The molecule has 0 aliphatic carbocycles. The van der Waals surface area contributed by atoms with Crippen LogP contribution in [0.2, 0.25) is 0 Å². The maximum Gasteiger partial charge on any atom is 0.261 e. The highest BCUT2D eigenvalue weighted by Crippen LogP contribution is 2.33. The number of hydrogen-bond acceptors (Lipinski definition) is 6. The van der Waals surface area contributed by atoms with Gasteiger partial charge in [0.2, 0.25) is 0 Å². The van der Waals surface area contributed by atoms with Crippen LogP contribution in [0.25, 0.3) is 0 Å². The van der Waals surface area contributed by atoms with Crippen LogP contribution >= 0.6 is 0 Å². The van der Waals surface area contributed by atoms with Crippen LogP contribution in [0.15, 0.2) is 24.4 Å². The van der Waals surface area contributed by atoms with Crippen LogP contribution in [-0.4, -0.2) is 66.6 Å². The van der Waals surface area contributed by atoms with Crippen LogP contribution in [-0.2, 0) is 13.0 Å². The fourth-order valence-corrected chi connectivity index (χ4v) is 4.04. The van der Waals surface area contributed by atoms with Crippen molar-refractivity contribution in [1.82, 2.24) is 19.8 Å². The van der Waals surface area contributed by atoms with E-state index in [1.54, 1.807) is 26.4 Å². The van der Waals surface area contributed by atoms with Gasteiger partial charge in [0.25, 0.3) is 5.91 Å². The van der Waals surface area contributed by atoms with Gasteiger partial charge in [-0.25, -0.2) is 9.97 Å². The van der Waals surface area contributed by atoms with Gasteiger partial charge in [-0.05, 0) is 25.6 Å². The minimum Gasteiger partial charge on any atom is -0.496 e. The number of carbonyl (C=O) groups excluding carboxylic acids is 1. The van der Waals surface area contributed by atoms with Gasteiger partial charge < -0.3 is 19.3 Å². The number of amides is 1. The van der Waals surface area contributed by atoms with Crippen molar-refractivity contribution in [2.45, 2.75) is 25.3 Å². The Morgan fingerprint density at radius 3 is 2.64 bits per heavy atom. The van der Waals surface area contributed by atoms with E-state index in [-0.39, 0.29) is 11.8 Å². The van der Waals surface area contributed by atoms with E-state index in [9.17, 15) is 4.79 Å². The van der Waals surface area contributed by atoms with Gasteiger partial charge in [-0.1, -0.05) is 6.07 Å². The number of likely N-dealkylation sites (N-methyl/N-ethyl adjacent to an activating group) is 1. The van der Waals surface area contributed by atoms with E-state index in [0.29, 0.717) is 30.2 Å². The molecular formula is C21H26N4O3. The van der Waals surface area contributed by atoms with E-state index in [0.717, 1.165) is 37.4 Å². The molecular weight excluding hydrogens is 356 g/mol. The Bertz CT molecular complexity index is 864. The van der Waals surface area contributed by atoms with Crippen LogP contribution < -0.4 is 9.47 Å². The van der Waals surface area contributed by atoms with E-state index < -0.39 is 0 Å². The maximum atomic E-state index is 13.2. The Kier molecular flexibility index (Phi) is 5.17. The number of nitrogens with zero attached hydrogens (tertiary/aromatic N) is 4. The molecule has 1 aromatic carbocycles. The van der Waals surface area contributed by atoms with Crippen molar-refractivity contribution in [2.75, 3.05) is 40.9 Å². The van der Waals surface area contributed by atoms with Gasteiger partial charge in [-0.15, -0.1) is 0 Å². The first kappa shape index (κ1) is 18.7. The number of carbonyl (C=O) groups is 1. The number of rotatable bonds is 4. The summed E-state index contributed by atoms with van der Waals surface area (Å²) < 4.78 is 10.8. The van der Waals surface area contributed by atoms with Crippen LogP contribution in [0.4, 0.5) is 0 Å². The van der Waals surface area contributed by atoms with E-state index in [1.807, 2.05) is 17.2 Å². The molecule has 2 aromatic rings. The molecule has 1 atom stereocenters. The van der Waals surface area contributed by atoms with Gasteiger partial charge in [0, 0.05) is 56.0 Å². The fraction of sp³-hybridized carbons (Fsp3) is 0.476.